The van der Waals surface area contributed by atoms with Crippen LogP contribution in [-0.4, -0.2) is 32.2 Å². The van der Waals surface area contributed by atoms with E-state index >= 15 is 0 Å². The Morgan fingerprint density at radius 2 is 2.14 bits per heavy atom. The summed E-state index contributed by atoms with van der Waals surface area (Å²) < 4.78 is 38.7. The summed E-state index contributed by atoms with van der Waals surface area (Å²) in [6.45, 7) is 0. The van der Waals surface area contributed by atoms with Gasteiger partial charge >= 0.3 is 16.2 Å². The van der Waals surface area contributed by atoms with Crippen molar-refractivity contribution in [1.29, 1.82) is 0 Å². The molecule has 0 radical (unpaired) electrons. The van der Waals surface area contributed by atoms with Crippen molar-refractivity contribution in [2.75, 3.05) is 7.11 Å². The molecule has 2 aromatic rings. The summed E-state index contributed by atoms with van der Waals surface area (Å²) in [6.07, 6.45) is 4.18. The summed E-state index contributed by atoms with van der Waals surface area (Å²) >= 11 is 1.28. The minimum Gasteiger partial charge on any atom is -0.464 e. The van der Waals surface area contributed by atoms with Crippen molar-refractivity contribution >= 4 is 38.9 Å². The van der Waals surface area contributed by atoms with Crippen LogP contribution in [0.1, 0.15) is 4.88 Å². The summed E-state index contributed by atoms with van der Waals surface area (Å²) in [5.74, 6) is -0.257. The number of rotatable bonds is 3. The monoisotopic (exact) mass is 339 g/mol. The number of nitrogens with one attached hydrogen (secondary N) is 1. The average molecular weight is 339 g/mol. The predicted molar refractivity (Wildman–Crippen MR) is 79.3 cm³/mol. The van der Waals surface area contributed by atoms with Crippen molar-refractivity contribution in [2.45, 2.75) is 0 Å². The van der Waals surface area contributed by atoms with Gasteiger partial charge in [-0.3, -0.25) is 4.72 Å². The van der Waals surface area contributed by atoms with Gasteiger partial charge in [0.05, 0.1) is 28.8 Å². The second-order valence-corrected chi connectivity index (χ2v) is 6.55. The highest BCUT2D eigenvalue weighted by Crippen LogP contribution is 2.32. The maximum absolute atomic E-state index is 11.7. The highest BCUT2D eigenvalue weighted by Gasteiger charge is 2.24. The molecule has 2 aromatic heterocycles. The molecule has 0 atom stereocenters. The number of hydrogen-bond acceptors (Lipinski definition) is 7. The van der Waals surface area contributed by atoms with Gasteiger partial charge < -0.3 is 9.15 Å². The van der Waals surface area contributed by atoms with Crippen LogP contribution in [0.5, 0.6) is 0 Å². The fraction of sp³-hybridized carbons (Fsp3) is 0.0833. The van der Waals surface area contributed by atoms with Crippen LogP contribution in [-0.2, 0) is 19.7 Å². The maximum atomic E-state index is 11.7. The van der Waals surface area contributed by atoms with Gasteiger partial charge in [0.25, 0.3) is 0 Å². The Morgan fingerprint density at radius 1 is 1.36 bits per heavy atom. The van der Waals surface area contributed by atoms with Crippen molar-refractivity contribution in [3.8, 4) is 10.6 Å². The van der Waals surface area contributed by atoms with E-state index in [1.165, 1.54) is 23.8 Å². The first-order valence-corrected chi connectivity index (χ1v) is 8.16. The lowest BCUT2D eigenvalue weighted by Crippen LogP contribution is -2.29. The number of hydrogen-bond donors (Lipinski definition) is 1. The Balaban J connectivity index is 1.99. The lowest BCUT2D eigenvalue weighted by molar-refractivity contribution is -0.132. The highest BCUT2D eigenvalue weighted by atomic mass is 32.2. The number of methoxy groups -OCH3 is 1. The lowest BCUT2D eigenvalue weighted by Gasteiger charge is -2.13. The molecule has 0 aromatic carbocycles. The van der Waals surface area contributed by atoms with Gasteiger partial charge in [0.15, 0.2) is 17.9 Å². The van der Waals surface area contributed by atoms with Gasteiger partial charge in [-0.2, -0.15) is 8.42 Å². The van der Waals surface area contributed by atoms with E-state index in [9.17, 15) is 13.2 Å². The van der Waals surface area contributed by atoms with Crippen molar-refractivity contribution < 1.29 is 22.4 Å². The Bertz CT molecular complexity index is 878. The zero-order valence-corrected chi connectivity index (χ0v) is 12.8. The molecule has 0 spiro atoms. The minimum atomic E-state index is -3.99. The van der Waals surface area contributed by atoms with Crippen molar-refractivity contribution in [2.24, 2.45) is 4.40 Å². The van der Waals surface area contributed by atoms with Gasteiger partial charge in [0.1, 0.15) is 0 Å². The smallest absolute Gasteiger partial charge is 0.357 e. The Kier molecular flexibility index (Phi) is 3.54. The van der Waals surface area contributed by atoms with E-state index in [0.29, 0.717) is 10.6 Å². The molecule has 114 valence electrons. The number of carbonyl (C=O) groups is 1. The normalized spacial score (nSPS) is 16.4. The fourth-order valence-corrected chi connectivity index (χ4v) is 3.63. The molecule has 0 bridgehead atoms. The number of thiophene rings is 1. The molecule has 0 unspecified atom stereocenters. The average Bonchev–Trinajstić information content (AvgIpc) is 3.15. The number of ether oxygens (including phenoxy) is 1. The van der Waals surface area contributed by atoms with Gasteiger partial charge in [0, 0.05) is 0 Å². The van der Waals surface area contributed by atoms with Crippen LogP contribution in [0.15, 0.2) is 39.6 Å². The van der Waals surface area contributed by atoms with E-state index in [0.717, 1.165) is 12.0 Å². The molecule has 0 saturated carbocycles. The zero-order valence-electron chi connectivity index (χ0n) is 11.1. The number of aromatic nitrogens is 1. The topological polar surface area (TPSA) is 111 Å². The van der Waals surface area contributed by atoms with Gasteiger partial charge in [-0.05, 0) is 18.2 Å². The largest absolute Gasteiger partial charge is 0.464 e. The van der Waals surface area contributed by atoms with E-state index in [1.807, 2.05) is 0 Å². The molecular weight excluding hydrogens is 330 g/mol. The minimum absolute atomic E-state index is 0.242. The van der Waals surface area contributed by atoms with Crippen LogP contribution in [0.25, 0.3) is 16.3 Å². The van der Waals surface area contributed by atoms with Gasteiger partial charge in [0.2, 0.25) is 0 Å². The second kappa shape index (κ2) is 5.39. The van der Waals surface area contributed by atoms with Crippen LogP contribution in [0.2, 0.25) is 0 Å². The molecule has 1 N–H and O–H groups in total. The van der Waals surface area contributed by atoms with E-state index in [4.69, 9.17) is 4.42 Å². The summed E-state index contributed by atoms with van der Waals surface area (Å²) in [6, 6.07) is 3.47. The highest BCUT2D eigenvalue weighted by molar-refractivity contribution is 7.88. The maximum Gasteiger partial charge on any atom is 0.357 e. The quantitative estimate of drug-likeness (QED) is 0.841. The molecule has 0 saturated heterocycles. The van der Waals surface area contributed by atoms with Crippen molar-refractivity contribution in [3.05, 3.63) is 35.7 Å². The van der Waals surface area contributed by atoms with Crippen molar-refractivity contribution in [1.82, 2.24) is 9.71 Å². The molecule has 0 fully saturated rings. The van der Waals surface area contributed by atoms with Gasteiger partial charge in [-0.1, -0.05) is 0 Å². The standard InChI is InChI=1S/C12H9N3O5S2/c1-19-12(16)8-4-7(14-22(17,18)15-8)10-2-3-11(21-10)9-5-13-6-20-9/h2-6,14H,1H3. The molecule has 22 heavy (non-hydrogen) atoms. The number of carbonyl (C=O) groups excluding carboxylic acids is 1. The molecule has 10 heteroatoms. The molecule has 8 nitrogen and oxygen atoms in total. The first-order chi connectivity index (χ1) is 10.5. The molecular formula is C12H9N3O5S2. The third-order valence-electron chi connectivity index (χ3n) is 2.68. The molecule has 3 rings (SSSR count). The number of nitrogens with zero attached hydrogens (tertiary/aromatic N) is 2. The van der Waals surface area contributed by atoms with E-state index in [1.54, 1.807) is 18.3 Å². The fourth-order valence-electron chi connectivity index (χ4n) is 1.76. The molecule has 0 aliphatic carbocycles. The van der Waals surface area contributed by atoms with E-state index < -0.39 is 16.2 Å². The molecule has 0 amide bonds. The Hall–Kier alpha value is -2.46. The summed E-state index contributed by atoms with van der Waals surface area (Å²) in [5, 5.41) is 0. The predicted octanol–water partition coefficient (Wildman–Crippen LogP) is 1.21. The van der Waals surface area contributed by atoms with Crippen LogP contribution in [0, 0.1) is 0 Å². The van der Waals surface area contributed by atoms with E-state index in [-0.39, 0.29) is 11.4 Å². The summed E-state index contributed by atoms with van der Waals surface area (Å²) in [7, 11) is -2.84. The van der Waals surface area contributed by atoms with Gasteiger partial charge in [-0.15, -0.1) is 15.7 Å². The summed E-state index contributed by atoms with van der Waals surface area (Å²) in [5.41, 5.74) is -0.0444. The zero-order chi connectivity index (χ0) is 15.7. The SMILES string of the molecule is COC(=O)C1=NS(=O)(=O)NC(c2ccc(-c3cnco3)s2)=C1. The van der Waals surface area contributed by atoms with Gasteiger partial charge in [-0.25, -0.2) is 9.78 Å². The Labute approximate surface area is 129 Å². The first-order valence-electron chi connectivity index (χ1n) is 5.90. The third kappa shape index (κ3) is 2.78. The van der Waals surface area contributed by atoms with Crippen LogP contribution >= 0.6 is 11.3 Å². The van der Waals surface area contributed by atoms with Crippen molar-refractivity contribution in [3.63, 3.8) is 0 Å². The van der Waals surface area contributed by atoms with Crippen LogP contribution in [0.4, 0.5) is 0 Å². The first kappa shape index (κ1) is 14.5. The Morgan fingerprint density at radius 3 is 2.82 bits per heavy atom. The van der Waals surface area contributed by atoms with Crippen LogP contribution in [0.3, 0.4) is 0 Å². The lowest BCUT2D eigenvalue weighted by atomic mass is 10.2. The van der Waals surface area contributed by atoms with Crippen LogP contribution < -0.4 is 4.72 Å². The molecule has 1 aliphatic rings. The molecule has 1 aliphatic heterocycles. The van der Waals surface area contributed by atoms with E-state index in [2.05, 4.69) is 18.8 Å². The third-order valence-corrected chi connectivity index (χ3v) is 4.73. The number of oxazole rings is 1. The number of esters is 1. The summed E-state index contributed by atoms with van der Waals surface area (Å²) in [4.78, 5) is 16.7. The molecule has 3 heterocycles. The second-order valence-electron chi connectivity index (χ2n) is 4.13.